The number of amides is 2. The summed E-state index contributed by atoms with van der Waals surface area (Å²) in [5.41, 5.74) is 2.28. The summed E-state index contributed by atoms with van der Waals surface area (Å²) in [7, 11) is 1.41. The number of ether oxygens (including phenoxy) is 2. The second kappa shape index (κ2) is 10.1. The number of fused-ring (bicyclic) bond motifs is 1. The van der Waals surface area contributed by atoms with Crippen LogP contribution >= 0.6 is 0 Å². The molecule has 2 amide bonds. The normalized spacial score (nSPS) is 19.6. The Morgan fingerprint density at radius 1 is 1.06 bits per heavy atom. The van der Waals surface area contributed by atoms with Crippen molar-refractivity contribution in [3.63, 3.8) is 0 Å². The fraction of sp³-hybridized carbons (Fsp3) is 0.462. The summed E-state index contributed by atoms with van der Waals surface area (Å²) in [6.07, 6.45) is 8.41. The number of halogens is 1. The molecular formula is C26H30FN5O4. The highest BCUT2D eigenvalue weighted by Gasteiger charge is 2.27. The number of aromatic amines is 1. The Balaban J connectivity index is 1.39. The van der Waals surface area contributed by atoms with Gasteiger partial charge >= 0.3 is 0 Å². The Hall–Kier alpha value is -3.69. The van der Waals surface area contributed by atoms with Crippen molar-refractivity contribution in [2.24, 2.45) is 5.92 Å². The number of hydrogen-bond acceptors (Lipinski definition) is 6. The first kappa shape index (κ1) is 24.0. The fourth-order valence-electron chi connectivity index (χ4n) is 4.74. The van der Waals surface area contributed by atoms with Crippen molar-refractivity contribution in [3.8, 4) is 22.8 Å². The molecule has 0 atom stereocenters. The van der Waals surface area contributed by atoms with Gasteiger partial charge in [-0.1, -0.05) is 0 Å². The topological polar surface area (TPSA) is 118 Å². The molecule has 1 aromatic carbocycles. The van der Waals surface area contributed by atoms with Crippen molar-refractivity contribution >= 4 is 22.8 Å². The minimum atomic E-state index is -0.530. The van der Waals surface area contributed by atoms with Gasteiger partial charge in [-0.05, 0) is 50.5 Å². The van der Waals surface area contributed by atoms with Crippen molar-refractivity contribution in [2.45, 2.75) is 57.5 Å². The van der Waals surface area contributed by atoms with Gasteiger partial charge in [-0.3, -0.25) is 9.59 Å². The van der Waals surface area contributed by atoms with Crippen LogP contribution in [0.1, 0.15) is 55.8 Å². The largest absolute Gasteiger partial charge is 0.494 e. The summed E-state index contributed by atoms with van der Waals surface area (Å²) in [5.74, 6) is 0.270. The molecule has 0 unspecified atom stereocenters. The van der Waals surface area contributed by atoms with Crippen LogP contribution < -0.4 is 20.1 Å². The third-order valence-electron chi connectivity index (χ3n) is 6.86. The minimum absolute atomic E-state index is 0.0203. The van der Waals surface area contributed by atoms with Crippen LogP contribution in [-0.4, -0.2) is 52.6 Å². The Morgan fingerprint density at radius 2 is 1.78 bits per heavy atom. The van der Waals surface area contributed by atoms with Gasteiger partial charge in [-0.15, -0.1) is 0 Å². The molecule has 0 spiro atoms. The second-order valence-corrected chi connectivity index (χ2v) is 9.61. The molecule has 0 aliphatic heterocycles. The smallest absolute Gasteiger partial charge is 0.255 e. The average Bonchev–Trinajstić information content (AvgIpc) is 3.59. The number of nitrogens with zero attached hydrogens (tertiary/aromatic N) is 2. The molecule has 2 aliphatic rings. The van der Waals surface area contributed by atoms with E-state index in [1.165, 1.54) is 32.5 Å². The van der Waals surface area contributed by atoms with Crippen LogP contribution in [0.5, 0.6) is 11.5 Å². The van der Waals surface area contributed by atoms with Crippen molar-refractivity contribution < 1.29 is 23.5 Å². The first-order valence-corrected chi connectivity index (χ1v) is 12.3. The number of rotatable bonds is 8. The van der Waals surface area contributed by atoms with Crippen LogP contribution in [0.25, 0.3) is 22.3 Å². The van der Waals surface area contributed by atoms with Gasteiger partial charge in [-0.2, -0.15) is 0 Å². The summed E-state index contributed by atoms with van der Waals surface area (Å²) in [5, 5.41) is 6.03. The van der Waals surface area contributed by atoms with Crippen molar-refractivity contribution in [1.29, 1.82) is 0 Å². The fourth-order valence-corrected chi connectivity index (χ4v) is 4.74. The zero-order valence-electron chi connectivity index (χ0n) is 20.4. The monoisotopic (exact) mass is 495 g/mol. The molecule has 10 heteroatoms. The van der Waals surface area contributed by atoms with Gasteiger partial charge in [0.2, 0.25) is 5.91 Å². The summed E-state index contributed by atoms with van der Waals surface area (Å²) in [6.45, 7) is 2.06. The number of methoxy groups -OCH3 is 1. The van der Waals surface area contributed by atoms with Crippen LogP contribution in [-0.2, 0) is 4.79 Å². The van der Waals surface area contributed by atoms with E-state index in [-0.39, 0.29) is 29.6 Å². The number of benzene rings is 1. The molecule has 36 heavy (non-hydrogen) atoms. The van der Waals surface area contributed by atoms with E-state index >= 15 is 0 Å². The summed E-state index contributed by atoms with van der Waals surface area (Å²) in [6, 6.07) is 3.05. The van der Waals surface area contributed by atoms with E-state index in [0.29, 0.717) is 46.1 Å². The highest BCUT2D eigenvalue weighted by atomic mass is 19.1. The van der Waals surface area contributed by atoms with E-state index < -0.39 is 5.82 Å². The lowest BCUT2D eigenvalue weighted by Gasteiger charge is -2.29. The van der Waals surface area contributed by atoms with Gasteiger partial charge in [0, 0.05) is 36.8 Å². The number of carbonyl (C=O) groups excluding carboxylic acids is 2. The number of nitrogens with one attached hydrogen (secondary N) is 3. The number of hydrogen-bond donors (Lipinski definition) is 3. The van der Waals surface area contributed by atoms with Crippen molar-refractivity contribution in [3.05, 3.63) is 36.0 Å². The number of aromatic nitrogens is 3. The van der Waals surface area contributed by atoms with Crippen LogP contribution in [0.4, 0.5) is 4.39 Å². The standard InChI is InChI=1S/C26H30FN5O4/c1-14(33)31-16-5-7-17(8-6-16)32-26(34)19-11-28-25-23(29-13-30-24(19)25)18-9-20(27)22(35-2)10-21(18)36-12-15-3-4-15/h9-11,13,15-17,28H,3-8,12H2,1-2H3,(H,31,33)(H,32,34). The van der Waals surface area contributed by atoms with E-state index in [2.05, 4.69) is 25.6 Å². The van der Waals surface area contributed by atoms with Gasteiger partial charge in [0.25, 0.3) is 5.91 Å². The average molecular weight is 496 g/mol. The van der Waals surface area contributed by atoms with E-state index in [1.807, 2.05) is 0 Å². The van der Waals surface area contributed by atoms with E-state index in [4.69, 9.17) is 9.47 Å². The highest BCUT2D eigenvalue weighted by Crippen LogP contribution is 2.39. The third-order valence-corrected chi connectivity index (χ3v) is 6.86. The molecule has 2 saturated carbocycles. The lowest BCUT2D eigenvalue weighted by molar-refractivity contribution is -0.119. The van der Waals surface area contributed by atoms with E-state index in [1.54, 1.807) is 6.20 Å². The first-order chi connectivity index (χ1) is 17.4. The highest BCUT2D eigenvalue weighted by molar-refractivity contribution is 6.08. The van der Waals surface area contributed by atoms with Crippen LogP contribution in [0.3, 0.4) is 0 Å². The molecule has 2 fully saturated rings. The zero-order chi connectivity index (χ0) is 25.2. The predicted molar refractivity (Wildman–Crippen MR) is 131 cm³/mol. The summed E-state index contributed by atoms with van der Waals surface area (Å²) in [4.78, 5) is 36.3. The molecule has 3 aromatic rings. The van der Waals surface area contributed by atoms with Gasteiger partial charge in [-0.25, -0.2) is 14.4 Å². The number of H-pyrrole nitrogens is 1. The minimum Gasteiger partial charge on any atom is -0.494 e. The molecule has 2 aliphatic carbocycles. The Bertz CT molecular complexity index is 1280. The van der Waals surface area contributed by atoms with Gasteiger partial charge in [0.1, 0.15) is 23.3 Å². The molecule has 2 heterocycles. The van der Waals surface area contributed by atoms with Gasteiger partial charge in [0.05, 0.1) is 24.8 Å². The zero-order valence-corrected chi connectivity index (χ0v) is 20.4. The van der Waals surface area contributed by atoms with Crippen LogP contribution in [0.2, 0.25) is 0 Å². The molecule has 2 aromatic heterocycles. The maximum Gasteiger partial charge on any atom is 0.255 e. The number of carbonyl (C=O) groups is 2. The predicted octanol–water partition coefficient (Wildman–Crippen LogP) is 3.74. The summed E-state index contributed by atoms with van der Waals surface area (Å²) < 4.78 is 25.9. The van der Waals surface area contributed by atoms with Crippen molar-refractivity contribution in [2.75, 3.05) is 13.7 Å². The lowest BCUT2D eigenvalue weighted by atomic mass is 9.91. The molecule has 3 N–H and O–H groups in total. The van der Waals surface area contributed by atoms with E-state index in [0.717, 1.165) is 38.5 Å². The molecule has 0 bridgehead atoms. The first-order valence-electron chi connectivity index (χ1n) is 12.3. The van der Waals surface area contributed by atoms with Crippen LogP contribution in [0.15, 0.2) is 24.7 Å². The Kier molecular flexibility index (Phi) is 6.75. The summed E-state index contributed by atoms with van der Waals surface area (Å²) >= 11 is 0. The maximum absolute atomic E-state index is 14.7. The molecule has 0 saturated heterocycles. The molecule has 9 nitrogen and oxygen atoms in total. The molecule has 190 valence electrons. The van der Waals surface area contributed by atoms with E-state index in [9.17, 15) is 14.0 Å². The van der Waals surface area contributed by atoms with Crippen molar-refractivity contribution in [1.82, 2.24) is 25.6 Å². The SMILES string of the molecule is COc1cc(OCC2CC2)c(-c2ncnc3c(C(=O)NC4CCC(NC(C)=O)CC4)c[nH]c23)cc1F. The van der Waals surface area contributed by atoms with Gasteiger partial charge in [0.15, 0.2) is 11.6 Å². The quantitative estimate of drug-likeness (QED) is 0.438. The third kappa shape index (κ3) is 5.12. The van der Waals surface area contributed by atoms with Crippen LogP contribution in [0, 0.1) is 11.7 Å². The molecular weight excluding hydrogens is 465 g/mol. The Morgan fingerprint density at radius 3 is 2.44 bits per heavy atom. The maximum atomic E-state index is 14.7. The lowest BCUT2D eigenvalue weighted by Crippen LogP contribution is -2.43. The van der Waals surface area contributed by atoms with Gasteiger partial charge < -0.3 is 25.1 Å². The second-order valence-electron chi connectivity index (χ2n) is 9.61. The molecule has 5 rings (SSSR count). The Labute approximate surface area is 208 Å². The molecule has 0 radical (unpaired) electrons.